The quantitative estimate of drug-likeness (QED) is 0.446. The Kier molecular flexibility index (Phi) is 3.76. The van der Waals surface area contributed by atoms with E-state index in [-0.39, 0.29) is 0 Å². The van der Waals surface area contributed by atoms with Crippen LogP contribution < -0.4 is 5.32 Å². The maximum absolute atomic E-state index is 5.09. The van der Waals surface area contributed by atoms with Gasteiger partial charge in [0.15, 0.2) is 0 Å². The van der Waals surface area contributed by atoms with Gasteiger partial charge >= 0.3 is 0 Å². The van der Waals surface area contributed by atoms with Crippen molar-refractivity contribution in [3.8, 4) is 0 Å². The molecule has 0 amide bonds. The van der Waals surface area contributed by atoms with Crippen molar-refractivity contribution in [3.63, 3.8) is 0 Å². The molecule has 0 aromatic rings. The lowest BCUT2D eigenvalue weighted by molar-refractivity contribution is 0.389. The topological polar surface area (TPSA) is 24.6 Å². The molecule has 0 aromatic heterocycles. The second kappa shape index (κ2) is 4.69. The van der Waals surface area contributed by atoms with E-state index in [0.29, 0.717) is 6.10 Å². The van der Waals surface area contributed by atoms with Gasteiger partial charge in [-0.15, -0.1) is 0 Å². The van der Waals surface area contributed by atoms with Gasteiger partial charge < -0.3 is 10.1 Å². The molecule has 0 saturated carbocycles. The summed E-state index contributed by atoms with van der Waals surface area (Å²) in [5, 5.41) is 3.36. The van der Waals surface area contributed by atoms with Crippen molar-refractivity contribution in [1.82, 2.24) is 5.32 Å². The summed E-state index contributed by atoms with van der Waals surface area (Å²) in [6.07, 6.45) is 4.37. The Morgan fingerprint density at radius 3 is 2.90 bits per heavy atom. The second-order valence-corrected chi connectivity index (χ2v) is 2.85. The third-order valence-corrected chi connectivity index (χ3v) is 1.71. The van der Waals surface area contributed by atoms with Crippen LogP contribution in [0.1, 0.15) is 26.2 Å². The minimum atomic E-state index is 0.614. The predicted molar refractivity (Wildman–Crippen MR) is 42.1 cm³/mol. The Morgan fingerprint density at radius 2 is 2.30 bits per heavy atom. The van der Waals surface area contributed by atoms with E-state index in [0.717, 1.165) is 19.7 Å². The minimum Gasteiger partial charge on any atom is -0.373 e. The first-order valence-corrected chi connectivity index (χ1v) is 4.26. The molecule has 0 bridgehead atoms. The van der Waals surface area contributed by atoms with Gasteiger partial charge in [0.25, 0.3) is 0 Å². The molecule has 1 aliphatic heterocycles. The average Bonchev–Trinajstić information content (AvgIpc) is 2.71. The van der Waals surface area contributed by atoms with Gasteiger partial charge in [-0.05, 0) is 32.4 Å². The van der Waals surface area contributed by atoms with Crippen LogP contribution in [0.25, 0.3) is 0 Å². The van der Waals surface area contributed by atoms with E-state index in [2.05, 4.69) is 12.2 Å². The SMILES string of the molecule is CCCNCCCC1CO1. The van der Waals surface area contributed by atoms with Gasteiger partial charge in [0.05, 0.1) is 12.7 Å². The predicted octanol–water partition coefficient (Wildman–Crippen LogP) is 1.16. The van der Waals surface area contributed by atoms with Gasteiger partial charge in [-0.3, -0.25) is 0 Å². The fourth-order valence-electron chi connectivity index (χ4n) is 0.991. The Labute approximate surface area is 63.0 Å². The Morgan fingerprint density at radius 1 is 1.50 bits per heavy atom. The summed E-state index contributed by atoms with van der Waals surface area (Å²) >= 11 is 0. The van der Waals surface area contributed by atoms with E-state index in [4.69, 9.17) is 4.74 Å². The van der Waals surface area contributed by atoms with Crippen LogP contribution in [0.15, 0.2) is 0 Å². The maximum atomic E-state index is 5.09. The van der Waals surface area contributed by atoms with Crippen LogP contribution in [-0.4, -0.2) is 25.8 Å². The normalized spacial score (nSPS) is 23.1. The van der Waals surface area contributed by atoms with Gasteiger partial charge in [0.1, 0.15) is 0 Å². The first kappa shape index (κ1) is 8.02. The highest BCUT2D eigenvalue weighted by Crippen LogP contribution is 2.14. The zero-order valence-electron chi connectivity index (χ0n) is 6.73. The Balaban J connectivity index is 1.68. The average molecular weight is 143 g/mol. The second-order valence-electron chi connectivity index (χ2n) is 2.85. The van der Waals surface area contributed by atoms with Gasteiger partial charge in [-0.2, -0.15) is 0 Å². The lowest BCUT2D eigenvalue weighted by atomic mass is 10.2. The molecule has 1 rings (SSSR count). The summed E-state index contributed by atoms with van der Waals surface area (Å²) in [4.78, 5) is 0. The van der Waals surface area contributed by atoms with Crippen molar-refractivity contribution >= 4 is 0 Å². The summed E-state index contributed by atoms with van der Waals surface area (Å²) in [5.41, 5.74) is 0. The highest BCUT2D eigenvalue weighted by molar-refractivity contribution is 4.68. The lowest BCUT2D eigenvalue weighted by Crippen LogP contribution is -2.16. The van der Waals surface area contributed by atoms with Crippen molar-refractivity contribution in [1.29, 1.82) is 0 Å². The molecule has 60 valence electrons. The van der Waals surface area contributed by atoms with Crippen molar-refractivity contribution in [2.24, 2.45) is 0 Å². The van der Waals surface area contributed by atoms with E-state index < -0.39 is 0 Å². The van der Waals surface area contributed by atoms with Crippen molar-refractivity contribution in [2.75, 3.05) is 19.7 Å². The van der Waals surface area contributed by atoms with Gasteiger partial charge in [0.2, 0.25) is 0 Å². The molecule has 1 heterocycles. The van der Waals surface area contributed by atoms with Crippen molar-refractivity contribution in [2.45, 2.75) is 32.3 Å². The molecule has 10 heavy (non-hydrogen) atoms. The molecule has 2 heteroatoms. The molecule has 0 radical (unpaired) electrons. The third-order valence-electron chi connectivity index (χ3n) is 1.71. The summed E-state index contributed by atoms with van der Waals surface area (Å²) in [6.45, 7) is 5.52. The monoisotopic (exact) mass is 143 g/mol. The fourth-order valence-corrected chi connectivity index (χ4v) is 0.991. The van der Waals surface area contributed by atoms with Gasteiger partial charge in [-0.1, -0.05) is 6.92 Å². The summed E-state index contributed by atoms with van der Waals surface area (Å²) in [7, 11) is 0. The number of hydrogen-bond donors (Lipinski definition) is 1. The molecule has 2 nitrogen and oxygen atoms in total. The third kappa shape index (κ3) is 3.85. The van der Waals surface area contributed by atoms with Crippen LogP contribution in [0.5, 0.6) is 0 Å². The fraction of sp³-hybridized carbons (Fsp3) is 1.00. The van der Waals surface area contributed by atoms with E-state index in [1.54, 1.807) is 0 Å². The summed E-state index contributed by atoms with van der Waals surface area (Å²) in [6, 6.07) is 0. The van der Waals surface area contributed by atoms with E-state index in [9.17, 15) is 0 Å². The zero-order chi connectivity index (χ0) is 7.23. The van der Waals surface area contributed by atoms with E-state index >= 15 is 0 Å². The van der Waals surface area contributed by atoms with E-state index in [1.165, 1.54) is 19.3 Å². The maximum Gasteiger partial charge on any atom is 0.0810 e. The highest BCUT2D eigenvalue weighted by atomic mass is 16.6. The molecule has 1 unspecified atom stereocenters. The smallest absolute Gasteiger partial charge is 0.0810 e. The zero-order valence-corrected chi connectivity index (χ0v) is 6.73. The lowest BCUT2D eigenvalue weighted by Gasteiger charge is -1.99. The minimum absolute atomic E-state index is 0.614. The number of rotatable bonds is 6. The summed E-state index contributed by atoms with van der Waals surface area (Å²) in [5.74, 6) is 0. The molecule has 1 N–H and O–H groups in total. The number of epoxide rings is 1. The van der Waals surface area contributed by atoms with Crippen molar-refractivity contribution in [3.05, 3.63) is 0 Å². The van der Waals surface area contributed by atoms with Crippen LogP contribution >= 0.6 is 0 Å². The molecule has 0 aliphatic carbocycles. The number of nitrogens with one attached hydrogen (secondary N) is 1. The molecule has 1 aliphatic rings. The van der Waals surface area contributed by atoms with Crippen LogP contribution in [0.2, 0.25) is 0 Å². The molecule has 1 atom stereocenters. The van der Waals surface area contributed by atoms with Crippen LogP contribution in [0.4, 0.5) is 0 Å². The highest BCUT2D eigenvalue weighted by Gasteiger charge is 2.20. The van der Waals surface area contributed by atoms with Crippen LogP contribution in [-0.2, 0) is 4.74 Å². The molecular weight excluding hydrogens is 126 g/mol. The molecular formula is C8H17NO. The number of hydrogen-bond acceptors (Lipinski definition) is 2. The van der Waals surface area contributed by atoms with Crippen molar-refractivity contribution < 1.29 is 4.74 Å². The Hall–Kier alpha value is -0.0800. The summed E-state index contributed by atoms with van der Waals surface area (Å²) < 4.78 is 5.09. The van der Waals surface area contributed by atoms with Crippen LogP contribution in [0.3, 0.4) is 0 Å². The molecule has 1 fully saturated rings. The molecule has 0 spiro atoms. The van der Waals surface area contributed by atoms with Gasteiger partial charge in [-0.25, -0.2) is 0 Å². The molecule has 0 aromatic carbocycles. The van der Waals surface area contributed by atoms with E-state index in [1.807, 2.05) is 0 Å². The van der Waals surface area contributed by atoms with Gasteiger partial charge in [0, 0.05) is 0 Å². The molecule has 1 saturated heterocycles. The largest absolute Gasteiger partial charge is 0.373 e. The standard InChI is InChI=1S/C8H17NO/c1-2-5-9-6-3-4-8-7-10-8/h8-9H,2-7H2,1H3. The first-order valence-electron chi connectivity index (χ1n) is 4.26. The first-order chi connectivity index (χ1) is 4.93. The van der Waals surface area contributed by atoms with Crippen LogP contribution in [0, 0.1) is 0 Å². The Bertz CT molecular complexity index is 81.3. The number of ether oxygens (including phenoxy) is 1.